The van der Waals surface area contributed by atoms with Crippen LogP contribution in [0.25, 0.3) is 0 Å². The number of rotatable bonds is 4. The molecular formula is C12H20N2O4. The van der Waals surface area contributed by atoms with Crippen molar-refractivity contribution in [3.8, 4) is 0 Å². The van der Waals surface area contributed by atoms with Gasteiger partial charge >= 0.3 is 5.97 Å². The average Bonchev–Trinajstić information content (AvgIpc) is 2.28. The molecule has 18 heavy (non-hydrogen) atoms. The zero-order chi connectivity index (χ0) is 13.9. The Kier molecular flexibility index (Phi) is 4.69. The van der Waals surface area contributed by atoms with Crippen LogP contribution in [0.2, 0.25) is 0 Å². The Labute approximate surface area is 106 Å². The molecule has 0 aromatic rings. The number of aliphatic carboxylic acids is 1. The number of hydrogen-bond acceptors (Lipinski definition) is 3. The molecule has 0 bridgehead atoms. The molecule has 2 N–H and O–H groups in total. The molecule has 1 heterocycles. The largest absolute Gasteiger partial charge is 0.480 e. The van der Waals surface area contributed by atoms with Crippen molar-refractivity contribution < 1.29 is 19.5 Å². The molecule has 0 radical (unpaired) electrons. The maximum Gasteiger partial charge on any atom is 0.326 e. The molecule has 102 valence electrons. The van der Waals surface area contributed by atoms with E-state index in [2.05, 4.69) is 5.32 Å². The van der Waals surface area contributed by atoms with Gasteiger partial charge in [0.2, 0.25) is 11.8 Å². The van der Waals surface area contributed by atoms with E-state index < -0.39 is 17.9 Å². The first-order valence-electron chi connectivity index (χ1n) is 6.10. The fourth-order valence-corrected chi connectivity index (χ4v) is 1.95. The van der Waals surface area contributed by atoms with Crippen LogP contribution in [-0.2, 0) is 14.4 Å². The van der Waals surface area contributed by atoms with Gasteiger partial charge in [0.1, 0.15) is 6.04 Å². The summed E-state index contributed by atoms with van der Waals surface area (Å²) in [5.74, 6) is -2.05. The van der Waals surface area contributed by atoms with Crippen LogP contribution in [0.1, 0.15) is 26.7 Å². The second-order valence-corrected chi connectivity index (χ2v) is 5.07. The minimum atomic E-state index is -1.04. The zero-order valence-corrected chi connectivity index (χ0v) is 11.0. The molecule has 6 heteroatoms. The molecule has 2 atom stereocenters. The molecule has 2 amide bonds. The summed E-state index contributed by atoms with van der Waals surface area (Å²) in [4.78, 5) is 36.0. The van der Waals surface area contributed by atoms with Gasteiger partial charge in [-0.3, -0.25) is 9.59 Å². The van der Waals surface area contributed by atoms with E-state index in [1.807, 2.05) is 0 Å². The van der Waals surface area contributed by atoms with Gasteiger partial charge in [0.25, 0.3) is 0 Å². The Morgan fingerprint density at radius 2 is 2.06 bits per heavy atom. The van der Waals surface area contributed by atoms with Crippen molar-refractivity contribution >= 4 is 17.8 Å². The van der Waals surface area contributed by atoms with E-state index in [9.17, 15) is 14.4 Å². The van der Waals surface area contributed by atoms with Crippen molar-refractivity contribution in [2.45, 2.75) is 32.7 Å². The van der Waals surface area contributed by atoms with E-state index >= 15 is 0 Å². The summed E-state index contributed by atoms with van der Waals surface area (Å²) in [5, 5.41) is 11.5. The summed E-state index contributed by atoms with van der Waals surface area (Å²) in [7, 11) is 1.70. The van der Waals surface area contributed by atoms with Crippen LogP contribution < -0.4 is 5.32 Å². The molecule has 1 fully saturated rings. The van der Waals surface area contributed by atoms with Gasteiger partial charge < -0.3 is 15.3 Å². The fraction of sp³-hybridized carbons (Fsp3) is 0.750. The molecule has 0 aromatic heterocycles. The first-order chi connectivity index (χ1) is 8.32. The number of carboxylic acid groups (broad SMARTS) is 1. The lowest BCUT2D eigenvalue weighted by molar-refractivity contribution is -0.145. The van der Waals surface area contributed by atoms with Crippen LogP contribution in [0.15, 0.2) is 0 Å². The SMILES string of the molecule is CC(C)[C@@H](NC(=O)C1CCN(C)C(=O)C1)C(=O)O. The van der Waals surface area contributed by atoms with Crippen molar-refractivity contribution in [2.24, 2.45) is 11.8 Å². The van der Waals surface area contributed by atoms with Gasteiger partial charge in [-0.05, 0) is 12.3 Å². The predicted octanol–water partition coefficient (Wildman–Crippen LogP) is 0.0802. The maximum atomic E-state index is 11.9. The molecule has 1 aliphatic heterocycles. The van der Waals surface area contributed by atoms with E-state index in [4.69, 9.17) is 5.11 Å². The van der Waals surface area contributed by atoms with E-state index in [1.165, 1.54) is 0 Å². The zero-order valence-electron chi connectivity index (χ0n) is 11.0. The highest BCUT2D eigenvalue weighted by Gasteiger charge is 2.32. The molecule has 0 aromatic carbocycles. The number of hydrogen-bond donors (Lipinski definition) is 2. The summed E-state index contributed by atoms with van der Waals surface area (Å²) in [6.07, 6.45) is 0.741. The van der Waals surface area contributed by atoms with Crippen molar-refractivity contribution in [3.63, 3.8) is 0 Å². The van der Waals surface area contributed by atoms with E-state index in [0.29, 0.717) is 13.0 Å². The molecular weight excluding hydrogens is 236 g/mol. The van der Waals surface area contributed by atoms with Crippen LogP contribution >= 0.6 is 0 Å². The Hall–Kier alpha value is -1.59. The predicted molar refractivity (Wildman–Crippen MR) is 64.8 cm³/mol. The van der Waals surface area contributed by atoms with Gasteiger partial charge in [0.05, 0.1) is 0 Å². The van der Waals surface area contributed by atoms with Crippen LogP contribution in [0.5, 0.6) is 0 Å². The Balaban J connectivity index is 2.60. The normalized spacial score (nSPS) is 21.9. The molecule has 1 rings (SSSR count). The quantitative estimate of drug-likeness (QED) is 0.745. The second kappa shape index (κ2) is 5.84. The third kappa shape index (κ3) is 3.45. The number of amides is 2. The number of piperidine rings is 1. The van der Waals surface area contributed by atoms with Gasteiger partial charge in [0, 0.05) is 25.9 Å². The molecule has 1 aliphatic rings. The summed E-state index contributed by atoms with van der Waals surface area (Å²) in [5.41, 5.74) is 0. The van der Waals surface area contributed by atoms with Crippen molar-refractivity contribution in [2.75, 3.05) is 13.6 Å². The standard InChI is InChI=1S/C12H20N2O4/c1-7(2)10(12(17)18)13-11(16)8-4-5-14(3)9(15)6-8/h7-8,10H,4-6H2,1-3H3,(H,13,16)(H,17,18)/t8?,10-/m1/s1. The van der Waals surface area contributed by atoms with Crippen LogP contribution in [0.4, 0.5) is 0 Å². The maximum absolute atomic E-state index is 11.9. The highest BCUT2D eigenvalue weighted by molar-refractivity contribution is 5.89. The second-order valence-electron chi connectivity index (χ2n) is 5.07. The van der Waals surface area contributed by atoms with Gasteiger partial charge in [-0.2, -0.15) is 0 Å². The molecule has 1 saturated heterocycles. The number of carboxylic acids is 1. The number of nitrogens with one attached hydrogen (secondary N) is 1. The number of carbonyl (C=O) groups excluding carboxylic acids is 2. The lowest BCUT2D eigenvalue weighted by Crippen LogP contribution is -2.49. The lowest BCUT2D eigenvalue weighted by Gasteiger charge is -2.29. The Morgan fingerprint density at radius 1 is 1.44 bits per heavy atom. The van der Waals surface area contributed by atoms with Gasteiger partial charge in [-0.15, -0.1) is 0 Å². The van der Waals surface area contributed by atoms with Crippen molar-refractivity contribution in [3.05, 3.63) is 0 Å². The third-order valence-electron chi connectivity index (χ3n) is 3.26. The summed E-state index contributed by atoms with van der Waals surface area (Å²) < 4.78 is 0. The first kappa shape index (κ1) is 14.5. The number of likely N-dealkylation sites (tertiary alicyclic amines) is 1. The minimum absolute atomic E-state index is 0.0715. The van der Waals surface area contributed by atoms with Crippen molar-refractivity contribution in [1.29, 1.82) is 0 Å². The van der Waals surface area contributed by atoms with Crippen molar-refractivity contribution in [1.82, 2.24) is 10.2 Å². The first-order valence-corrected chi connectivity index (χ1v) is 6.10. The van der Waals surface area contributed by atoms with E-state index in [-0.39, 0.29) is 24.2 Å². The smallest absolute Gasteiger partial charge is 0.326 e. The minimum Gasteiger partial charge on any atom is -0.480 e. The number of carbonyl (C=O) groups is 3. The molecule has 0 aliphatic carbocycles. The van der Waals surface area contributed by atoms with Crippen LogP contribution in [-0.4, -0.2) is 47.4 Å². The average molecular weight is 256 g/mol. The lowest BCUT2D eigenvalue weighted by atomic mass is 9.94. The summed E-state index contributed by atoms with van der Waals surface area (Å²) >= 11 is 0. The topological polar surface area (TPSA) is 86.7 Å². The molecule has 0 saturated carbocycles. The van der Waals surface area contributed by atoms with Gasteiger partial charge in [0.15, 0.2) is 0 Å². The van der Waals surface area contributed by atoms with E-state index in [0.717, 1.165) is 0 Å². The summed E-state index contributed by atoms with van der Waals surface area (Å²) in [6.45, 7) is 4.01. The third-order valence-corrected chi connectivity index (χ3v) is 3.26. The van der Waals surface area contributed by atoms with Gasteiger partial charge in [-0.1, -0.05) is 13.8 Å². The monoisotopic (exact) mass is 256 g/mol. The van der Waals surface area contributed by atoms with Gasteiger partial charge in [-0.25, -0.2) is 4.79 Å². The fourth-order valence-electron chi connectivity index (χ4n) is 1.95. The Morgan fingerprint density at radius 3 is 2.50 bits per heavy atom. The van der Waals surface area contributed by atoms with Crippen LogP contribution in [0, 0.1) is 11.8 Å². The number of nitrogens with zero attached hydrogens (tertiary/aromatic N) is 1. The van der Waals surface area contributed by atoms with Crippen LogP contribution in [0.3, 0.4) is 0 Å². The molecule has 0 spiro atoms. The molecule has 6 nitrogen and oxygen atoms in total. The highest BCUT2D eigenvalue weighted by Crippen LogP contribution is 2.18. The highest BCUT2D eigenvalue weighted by atomic mass is 16.4. The summed E-state index contributed by atoms with van der Waals surface area (Å²) in [6, 6.07) is -0.896. The Bertz CT molecular complexity index is 354. The molecule has 1 unspecified atom stereocenters. The van der Waals surface area contributed by atoms with E-state index in [1.54, 1.807) is 25.8 Å².